The zero-order valence-corrected chi connectivity index (χ0v) is 16.1. The Kier molecular flexibility index (Phi) is 6.08. The molecule has 0 aliphatic heterocycles. The van der Waals surface area contributed by atoms with E-state index in [1.807, 2.05) is 30.3 Å². The summed E-state index contributed by atoms with van der Waals surface area (Å²) in [6.45, 7) is 1.44. The van der Waals surface area contributed by atoms with Crippen LogP contribution in [0.2, 0.25) is 0 Å². The van der Waals surface area contributed by atoms with Crippen LogP contribution in [0, 0.1) is 6.92 Å². The molecule has 0 unspecified atom stereocenters. The molecule has 0 heterocycles. The van der Waals surface area contributed by atoms with Crippen LogP contribution in [0.5, 0.6) is 11.5 Å². The fourth-order valence-electron chi connectivity index (χ4n) is 2.46. The Hall–Kier alpha value is -3.16. The minimum Gasteiger partial charge on any atom is -0.457 e. The third-order valence-corrected chi connectivity index (χ3v) is 5.24. The summed E-state index contributed by atoms with van der Waals surface area (Å²) in [5, 5.41) is 2.65. The van der Waals surface area contributed by atoms with Crippen molar-refractivity contribution in [1.29, 1.82) is 0 Å². The number of anilines is 1. The first-order chi connectivity index (χ1) is 13.4. The summed E-state index contributed by atoms with van der Waals surface area (Å²) >= 11 is 0. The summed E-state index contributed by atoms with van der Waals surface area (Å²) < 4.78 is 32.5. The summed E-state index contributed by atoms with van der Waals surface area (Å²) in [5.74, 6) is 0.877. The Morgan fingerprint density at radius 1 is 0.893 bits per heavy atom. The standard InChI is InChI=1S/C21H20N2O4S/c1-16-6-5-9-20(14-16)28(25,26)22-15-21(24)23-17-10-12-19(13-11-17)27-18-7-3-2-4-8-18/h2-14,22H,15H2,1H3,(H,23,24). The molecule has 0 aliphatic rings. The smallest absolute Gasteiger partial charge is 0.241 e. The number of aryl methyl sites for hydroxylation is 1. The van der Waals surface area contributed by atoms with Crippen LogP contribution in [0.1, 0.15) is 5.56 Å². The van der Waals surface area contributed by atoms with Gasteiger partial charge in [-0.2, -0.15) is 0 Å². The maximum atomic E-state index is 12.3. The lowest BCUT2D eigenvalue weighted by atomic mass is 10.2. The SMILES string of the molecule is Cc1cccc(S(=O)(=O)NCC(=O)Nc2ccc(Oc3ccccc3)cc2)c1. The molecule has 7 heteroatoms. The molecule has 1 amide bonds. The first-order valence-corrected chi connectivity index (χ1v) is 10.1. The lowest BCUT2D eigenvalue weighted by Crippen LogP contribution is -2.32. The number of amides is 1. The third-order valence-electron chi connectivity index (χ3n) is 3.84. The number of rotatable bonds is 7. The van der Waals surface area contributed by atoms with Crippen LogP contribution in [0.25, 0.3) is 0 Å². The van der Waals surface area contributed by atoms with Crippen LogP contribution >= 0.6 is 0 Å². The second-order valence-corrected chi connectivity index (χ2v) is 7.90. The molecule has 0 radical (unpaired) electrons. The number of hydrogen-bond donors (Lipinski definition) is 2. The van der Waals surface area contributed by atoms with E-state index in [-0.39, 0.29) is 11.4 Å². The van der Waals surface area contributed by atoms with Gasteiger partial charge in [0, 0.05) is 5.69 Å². The predicted molar refractivity (Wildman–Crippen MR) is 108 cm³/mol. The fraction of sp³-hybridized carbons (Fsp3) is 0.0952. The second-order valence-electron chi connectivity index (χ2n) is 6.13. The largest absolute Gasteiger partial charge is 0.457 e. The van der Waals surface area contributed by atoms with Gasteiger partial charge in [0.1, 0.15) is 11.5 Å². The molecule has 3 aromatic rings. The lowest BCUT2D eigenvalue weighted by molar-refractivity contribution is -0.115. The second kappa shape index (κ2) is 8.69. The van der Waals surface area contributed by atoms with Gasteiger partial charge in [0.15, 0.2) is 0 Å². The van der Waals surface area contributed by atoms with Crippen molar-refractivity contribution in [1.82, 2.24) is 4.72 Å². The average molecular weight is 396 g/mol. The number of carbonyl (C=O) groups is 1. The van der Waals surface area contributed by atoms with Gasteiger partial charge in [0.05, 0.1) is 11.4 Å². The Labute approximate surface area is 164 Å². The molecule has 3 aromatic carbocycles. The topological polar surface area (TPSA) is 84.5 Å². The van der Waals surface area contributed by atoms with Gasteiger partial charge in [-0.25, -0.2) is 13.1 Å². The normalized spacial score (nSPS) is 11.0. The molecular formula is C21H20N2O4S. The predicted octanol–water partition coefficient (Wildman–Crippen LogP) is 3.70. The van der Waals surface area contributed by atoms with Crippen molar-refractivity contribution in [3.63, 3.8) is 0 Å². The van der Waals surface area contributed by atoms with E-state index in [2.05, 4.69) is 10.0 Å². The van der Waals surface area contributed by atoms with Gasteiger partial charge >= 0.3 is 0 Å². The maximum Gasteiger partial charge on any atom is 0.241 e. The maximum absolute atomic E-state index is 12.3. The summed E-state index contributed by atoms with van der Waals surface area (Å²) in [4.78, 5) is 12.2. The highest BCUT2D eigenvalue weighted by Gasteiger charge is 2.15. The Bertz CT molecular complexity index is 1050. The van der Waals surface area contributed by atoms with E-state index < -0.39 is 15.9 Å². The molecular weight excluding hydrogens is 376 g/mol. The molecule has 0 aromatic heterocycles. The van der Waals surface area contributed by atoms with E-state index in [1.165, 1.54) is 6.07 Å². The number of hydrogen-bond acceptors (Lipinski definition) is 4. The molecule has 3 rings (SSSR count). The first kappa shape index (κ1) is 19.6. The number of para-hydroxylation sites is 1. The molecule has 0 aliphatic carbocycles. The molecule has 0 saturated heterocycles. The number of nitrogens with one attached hydrogen (secondary N) is 2. The average Bonchev–Trinajstić information content (AvgIpc) is 2.69. The molecule has 2 N–H and O–H groups in total. The van der Waals surface area contributed by atoms with E-state index in [0.29, 0.717) is 17.2 Å². The van der Waals surface area contributed by atoms with Crippen LogP contribution in [0.3, 0.4) is 0 Å². The Balaban J connectivity index is 1.54. The van der Waals surface area contributed by atoms with Crippen LogP contribution in [-0.4, -0.2) is 20.9 Å². The minimum absolute atomic E-state index is 0.128. The molecule has 0 bridgehead atoms. The summed E-state index contributed by atoms with van der Waals surface area (Å²) in [6, 6.07) is 22.6. The van der Waals surface area contributed by atoms with E-state index >= 15 is 0 Å². The zero-order valence-electron chi connectivity index (χ0n) is 15.3. The van der Waals surface area contributed by atoms with Crippen molar-refractivity contribution in [3.05, 3.63) is 84.4 Å². The number of benzene rings is 3. The van der Waals surface area contributed by atoms with Gasteiger partial charge in [0.2, 0.25) is 15.9 Å². The number of ether oxygens (including phenoxy) is 1. The van der Waals surface area contributed by atoms with Gasteiger partial charge in [0.25, 0.3) is 0 Å². The molecule has 0 saturated carbocycles. The molecule has 0 spiro atoms. The van der Waals surface area contributed by atoms with Crippen molar-refractivity contribution in [2.45, 2.75) is 11.8 Å². The van der Waals surface area contributed by atoms with E-state index in [0.717, 1.165) is 5.56 Å². The van der Waals surface area contributed by atoms with Crippen molar-refractivity contribution >= 4 is 21.6 Å². The van der Waals surface area contributed by atoms with Crippen molar-refractivity contribution in [3.8, 4) is 11.5 Å². The highest BCUT2D eigenvalue weighted by Crippen LogP contribution is 2.22. The summed E-state index contributed by atoms with van der Waals surface area (Å²) in [5.41, 5.74) is 1.37. The zero-order chi connectivity index (χ0) is 20.0. The van der Waals surface area contributed by atoms with Crippen molar-refractivity contribution in [2.75, 3.05) is 11.9 Å². The number of carbonyl (C=O) groups excluding carboxylic acids is 1. The van der Waals surface area contributed by atoms with Crippen LogP contribution in [0.4, 0.5) is 5.69 Å². The van der Waals surface area contributed by atoms with Gasteiger partial charge in [-0.05, 0) is 61.0 Å². The molecule has 0 atom stereocenters. The summed E-state index contributed by atoms with van der Waals surface area (Å²) in [6.07, 6.45) is 0. The highest BCUT2D eigenvalue weighted by molar-refractivity contribution is 7.89. The molecule has 144 valence electrons. The quantitative estimate of drug-likeness (QED) is 0.638. The monoisotopic (exact) mass is 396 g/mol. The molecule has 6 nitrogen and oxygen atoms in total. The van der Waals surface area contributed by atoms with Crippen LogP contribution in [-0.2, 0) is 14.8 Å². The van der Waals surface area contributed by atoms with Crippen molar-refractivity contribution < 1.29 is 17.9 Å². The van der Waals surface area contributed by atoms with Gasteiger partial charge < -0.3 is 10.1 Å². The molecule has 0 fully saturated rings. The third kappa shape index (κ3) is 5.42. The number of sulfonamides is 1. The van der Waals surface area contributed by atoms with Gasteiger partial charge in [-0.3, -0.25) is 4.79 Å². The first-order valence-electron chi connectivity index (χ1n) is 8.61. The van der Waals surface area contributed by atoms with Gasteiger partial charge in [-0.15, -0.1) is 0 Å². The highest BCUT2D eigenvalue weighted by atomic mass is 32.2. The van der Waals surface area contributed by atoms with Crippen LogP contribution in [0.15, 0.2) is 83.8 Å². The Morgan fingerprint density at radius 2 is 1.57 bits per heavy atom. The van der Waals surface area contributed by atoms with E-state index in [9.17, 15) is 13.2 Å². The van der Waals surface area contributed by atoms with Crippen LogP contribution < -0.4 is 14.8 Å². The van der Waals surface area contributed by atoms with Crippen molar-refractivity contribution in [2.24, 2.45) is 0 Å². The fourth-order valence-corrected chi connectivity index (χ4v) is 3.55. The summed E-state index contributed by atoms with van der Waals surface area (Å²) in [7, 11) is -3.74. The molecule has 28 heavy (non-hydrogen) atoms. The van der Waals surface area contributed by atoms with Gasteiger partial charge in [-0.1, -0.05) is 30.3 Å². The lowest BCUT2D eigenvalue weighted by Gasteiger charge is -2.09. The Morgan fingerprint density at radius 3 is 2.25 bits per heavy atom. The van der Waals surface area contributed by atoms with E-state index in [4.69, 9.17) is 4.74 Å². The van der Waals surface area contributed by atoms with E-state index in [1.54, 1.807) is 49.4 Å². The minimum atomic E-state index is -3.74.